The Morgan fingerprint density at radius 3 is 2.38 bits per heavy atom. The first kappa shape index (κ1) is 41.1. The van der Waals surface area contributed by atoms with Gasteiger partial charge >= 0.3 is 0 Å². The average molecular weight is 812 g/mol. The van der Waals surface area contributed by atoms with Crippen LogP contribution >= 0.6 is 11.6 Å². The number of fused-ring (bicyclic) bond motifs is 1. The number of rotatable bonds is 13. The monoisotopic (exact) mass is 811 g/mol. The zero-order valence-electron chi connectivity index (χ0n) is 33.6. The maximum absolute atomic E-state index is 15.7. The van der Waals surface area contributed by atoms with Crippen molar-refractivity contribution in [3.63, 3.8) is 0 Å². The molecule has 2 aromatic carbocycles. The van der Waals surface area contributed by atoms with Gasteiger partial charge in [-0.05, 0) is 74.2 Å². The van der Waals surface area contributed by atoms with Crippen LogP contribution in [0.2, 0.25) is 5.02 Å². The summed E-state index contributed by atoms with van der Waals surface area (Å²) >= 11 is 6.27. The third-order valence-corrected chi connectivity index (χ3v) is 12.9. The van der Waals surface area contributed by atoms with E-state index in [0.29, 0.717) is 41.2 Å². The minimum Gasteiger partial charge on any atom is -0.489 e. The first-order valence-electron chi connectivity index (χ1n) is 20.2. The van der Waals surface area contributed by atoms with E-state index in [4.69, 9.17) is 22.1 Å². The van der Waals surface area contributed by atoms with Crippen LogP contribution in [0.1, 0.15) is 104 Å². The second kappa shape index (κ2) is 16.3. The molecule has 3 aliphatic heterocycles. The molecular weight excluding hydrogens is 761 g/mol. The Bertz CT molecular complexity index is 2130. The summed E-state index contributed by atoms with van der Waals surface area (Å²) in [4.78, 5) is 64.6. The van der Waals surface area contributed by atoms with Crippen LogP contribution in [-0.4, -0.2) is 94.2 Å². The molecule has 58 heavy (non-hydrogen) atoms. The molecule has 0 spiro atoms. The zero-order chi connectivity index (χ0) is 41.5. The number of aryl methyl sites for hydroxylation is 1. The van der Waals surface area contributed by atoms with Gasteiger partial charge in [0.05, 0.1) is 27.9 Å². The van der Waals surface area contributed by atoms with Gasteiger partial charge in [0.15, 0.2) is 0 Å². The Morgan fingerprint density at radius 1 is 1.00 bits per heavy atom. The first-order valence-corrected chi connectivity index (χ1v) is 20.6. The summed E-state index contributed by atoms with van der Waals surface area (Å²) in [5, 5.41) is 9.55. The van der Waals surface area contributed by atoms with E-state index >= 15 is 4.39 Å². The minimum atomic E-state index is -0.858. The van der Waals surface area contributed by atoms with E-state index < -0.39 is 52.6 Å². The number of carbonyl (C=O) groups is 4. The van der Waals surface area contributed by atoms with Gasteiger partial charge in [0, 0.05) is 73.5 Å². The van der Waals surface area contributed by atoms with Gasteiger partial charge < -0.3 is 20.3 Å². The molecule has 4 amide bonds. The van der Waals surface area contributed by atoms with Crippen LogP contribution in [0.25, 0.3) is 0 Å². The number of anilines is 1. The van der Waals surface area contributed by atoms with Crippen molar-refractivity contribution in [1.29, 1.82) is 5.26 Å². The van der Waals surface area contributed by atoms with Gasteiger partial charge in [-0.25, -0.2) is 4.39 Å². The van der Waals surface area contributed by atoms with Crippen LogP contribution in [0, 0.1) is 28.0 Å². The summed E-state index contributed by atoms with van der Waals surface area (Å²) in [7, 11) is 0. The lowest BCUT2D eigenvalue weighted by Gasteiger charge is -2.66. The Labute approximate surface area is 344 Å². The van der Waals surface area contributed by atoms with Gasteiger partial charge in [0.1, 0.15) is 29.8 Å². The fourth-order valence-corrected chi connectivity index (χ4v) is 10.2. The van der Waals surface area contributed by atoms with E-state index in [9.17, 15) is 24.4 Å². The van der Waals surface area contributed by atoms with Gasteiger partial charge in [-0.1, -0.05) is 52.1 Å². The van der Waals surface area contributed by atoms with E-state index in [1.54, 1.807) is 30.3 Å². The van der Waals surface area contributed by atoms with Gasteiger partial charge in [-0.3, -0.25) is 34.0 Å². The van der Waals surface area contributed by atoms with Crippen molar-refractivity contribution in [2.75, 3.05) is 37.6 Å². The number of pyridine rings is 1. The maximum atomic E-state index is 15.7. The Morgan fingerprint density at radius 2 is 1.72 bits per heavy atom. The highest BCUT2D eigenvalue weighted by Crippen LogP contribution is 2.58. The third kappa shape index (κ3) is 7.76. The predicted molar refractivity (Wildman–Crippen MR) is 217 cm³/mol. The highest BCUT2D eigenvalue weighted by Gasteiger charge is 2.68. The number of hydrogen-bond donors (Lipinski definition) is 1. The number of halogens is 2. The number of benzene rings is 2. The lowest BCUT2D eigenvalue weighted by Crippen LogP contribution is -2.77. The topological polar surface area (TPSA) is 153 Å². The molecule has 0 radical (unpaired) electrons. The van der Waals surface area contributed by atoms with Gasteiger partial charge in [0.2, 0.25) is 11.8 Å². The van der Waals surface area contributed by atoms with Crippen molar-refractivity contribution in [3.8, 4) is 11.8 Å². The number of piperidine rings is 1. The second-order valence-corrected chi connectivity index (χ2v) is 17.6. The second-order valence-electron chi connectivity index (χ2n) is 17.2. The minimum absolute atomic E-state index is 0.103. The normalized spacial score (nSPS) is 22.7. The molecular formula is C44H51ClFN7O5. The van der Waals surface area contributed by atoms with Crippen molar-refractivity contribution < 1.29 is 28.3 Å². The van der Waals surface area contributed by atoms with Gasteiger partial charge in [-0.2, -0.15) is 5.26 Å². The quantitative estimate of drug-likeness (QED) is 0.159. The molecule has 3 aromatic rings. The summed E-state index contributed by atoms with van der Waals surface area (Å²) < 4.78 is 22.1. The number of likely N-dealkylation sites (tertiary alicyclic amines) is 1. The Kier molecular flexibility index (Phi) is 11.6. The van der Waals surface area contributed by atoms with Crippen molar-refractivity contribution in [1.82, 2.24) is 19.7 Å². The fourth-order valence-electron chi connectivity index (χ4n) is 9.99. The third-order valence-electron chi connectivity index (χ3n) is 12.6. The average Bonchev–Trinajstić information content (AvgIpc) is 3.50. The molecule has 2 N–H and O–H groups in total. The number of ether oxygens (including phenoxy) is 1. The number of aromatic nitrogens is 1. The van der Waals surface area contributed by atoms with Crippen LogP contribution in [0.15, 0.2) is 48.7 Å². The standard InChI is InChI=1S/C44H51ClFN7O5/c1-43(2)41(44(3,4)42(43)58-31-13-11-27(24-47)33(45)22-31)53-37(54)15-14-35(40(53)57)52-26-29-21-36(34(46)23-32(29)39(52)56)51-19-17-50(18-20-51)16-8-6-5-7-9-30-12-10-28(25-49-30)38(48)55/h10-13,21-23,25,35,41-42H,5-9,14-20,26H2,1-4H3,(H2,48,55)/t35-,41?,42?/m1/s1. The SMILES string of the molecule is CC1(C)C(Oc2ccc(C#N)c(Cl)c2)C(C)(C)C1N1C(=O)CC[C@@H](N2Cc3cc(N4CCN(CCCCCCc5ccc(C(N)=O)cn5)CC4)c(F)cc3C2=O)C1=O. The summed E-state index contributed by atoms with van der Waals surface area (Å²) in [5.41, 5.74) is 7.09. The number of nitriles is 1. The van der Waals surface area contributed by atoms with Crippen molar-refractivity contribution >= 4 is 40.9 Å². The van der Waals surface area contributed by atoms with Crippen LogP contribution in [0.3, 0.4) is 0 Å². The van der Waals surface area contributed by atoms with E-state index in [-0.39, 0.29) is 35.9 Å². The number of amides is 4. The molecule has 14 heteroatoms. The molecule has 3 fully saturated rings. The lowest BCUT2D eigenvalue weighted by molar-refractivity contribution is -0.216. The van der Waals surface area contributed by atoms with E-state index in [2.05, 4.69) is 9.88 Å². The van der Waals surface area contributed by atoms with E-state index in [1.165, 1.54) is 22.1 Å². The van der Waals surface area contributed by atoms with Crippen LogP contribution in [0.5, 0.6) is 5.75 Å². The number of unbranched alkanes of at least 4 members (excludes halogenated alkanes) is 3. The molecule has 306 valence electrons. The van der Waals surface area contributed by atoms with Crippen molar-refractivity contribution in [3.05, 3.63) is 87.4 Å². The van der Waals surface area contributed by atoms with Gasteiger partial charge in [-0.15, -0.1) is 0 Å². The summed E-state index contributed by atoms with van der Waals surface area (Å²) in [6, 6.07) is 12.2. The molecule has 7 rings (SSSR count). The molecule has 0 bridgehead atoms. The highest BCUT2D eigenvalue weighted by molar-refractivity contribution is 6.31. The zero-order valence-corrected chi connectivity index (χ0v) is 34.4. The molecule has 1 atom stereocenters. The molecule has 1 aromatic heterocycles. The number of primary amides is 1. The Balaban J connectivity index is 0.931. The summed E-state index contributed by atoms with van der Waals surface area (Å²) in [6.45, 7) is 11.9. The highest BCUT2D eigenvalue weighted by atomic mass is 35.5. The number of piperazine rings is 1. The number of carbonyl (C=O) groups excluding carboxylic acids is 4. The molecule has 4 heterocycles. The largest absolute Gasteiger partial charge is 0.489 e. The fraction of sp³-hybridized carbons (Fsp3) is 0.500. The van der Waals surface area contributed by atoms with Gasteiger partial charge in [0.25, 0.3) is 11.8 Å². The van der Waals surface area contributed by atoms with Crippen LogP contribution < -0.4 is 15.4 Å². The van der Waals surface area contributed by atoms with Crippen LogP contribution in [-0.2, 0) is 22.6 Å². The number of imide groups is 1. The molecule has 0 unspecified atom stereocenters. The molecule has 1 saturated carbocycles. The van der Waals surface area contributed by atoms with E-state index in [1.807, 2.05) is 44.7 Å². The number of nitrogens with two attached hydrogens (primary N) is 1. The summed E-state index contributed by atoms with van der Waals surface area (Å²) in [5.74, 6) is -1.56. The van der Waals surface area contributed by atoms with Crippen LogP contribution in [0.4, 0.5) is 10.1 Å². The molecule has 2 saturated heterocycles. The molecule has 12 nitrogen and oxygen atoms in total. The summed E-state index contributed by atoms with van der Waals surface area (Å²) in [6.07, 6.45) is 6.56. The predicted octanol–water partition coefficient (Wildman–Crippen LogP) is 6.13. The molecule has 4 aliphatic rings. The first-order chi connectivity index (χ1) is 27.6. The molecule has 1 aliphatic carbocycles. The maximum Gasteiger partial charge on any atom is 0.255 e. The smallest absolute Gasteiger partial charge is 0.255 e. The number of hydrogen-bond acceptors (Lipinski definition) is 9. The Hall–Kier alpha value is -5.06. The lowest BCUT2D eigenvalue weighted by atomic mass is 9.48. The van der Waals surface area contributed by atoms with E-state index in [0.717, 1.165) is 57.4 Å². The van der Waals surface area contributed by atoms with Crippen molar-refractivity contribution in [2.45, 2.75) is 97.4 Å². The van der Waals surface area contributed by atoms with Crippen molar-refractivity contribution in [2.24, 2.45) is 16.6 Å². The number of nitrogens with zero attached hydrogens (tertiary/aromatic N) is 6.